The minimum Gasteiger partial charge on any atom is -0.497 e. The van der Waals surface area contributed by atoms with Gasteiger partial charge in [0.2, 0.25) is 0 Å². The molecule has 2 atom stereocenters. The number of carbonyl (C=O) groups excluding carboxylic acids is 1. The van der Waals surface area contributed by atoms with E-state index in [-0.39, 0.29) is 18.0 Å². The standard InChI is InChI=1S/C27H32N6O2/c1-17-4-7-19(29)16-32(17)27(34)23-14-30-26(31(2)24-11-9-21(35-3)12-22(23)24)25-10-8-20(13-28)33(25)15-18-5-6-18/h8-12,14,17-19H,4-7,15-16,29H2,1-3H3/t17-,19+/m0/s1. The van der Waals surface area contributed by atoms with Crippen LogP contribution < -0.4 is 15.4 Å². The van der Waals surface area contributed by atoms with Crippen molar-refractivity contribution < 1.29 is 9.53 Å². The zero-order valence-electron chi connectivity index (χ0n) is 20.6. The first kappa shape index (κ1) is 23.2. The summed E-state index contributed by atoms with van der Waals surface area (Å²) in [5.74, 6) is 1.89. The fourth-order valence-corrected chi connectivity index (χ4v) is 5.04. The van der Waals surface area contributed by atoms with Crippen molar-refractivity contribution in [2.75, 3.05) is 25.6 Å². The van der Waals surface area contributed by atoms with Gasteiger partial charge in [-0.05, 0) is 68.9 Å². The molecule has 1 amide bonds. The summed E-state index contributed by atoms with van der Waals surface area (Å²) in [5.41, 5.74) is 9.86. The fourth-order valence-electron chi connectivity index (χ4n) is 5.04. The molecule has 2 fully saturated rings. The molecule has 1 aromatic carbocycles. The molecule has 1 saturated carbocycles. The zero-order valence-corrected chi connectivity index (χ0v) is 20.6. The van der Waals surface area contributed by atoms with E-state index in [4.69, 9.17) is 15.5 Å². The first-order valence-corrected chi connectivity index (χ1v) is 12.3. The van der Waals surface area contributed by atoms with Gasteiger partial charge in [-0.1, -0.05) is 0 Å². The second-order valence-corrected chi connectivity index (χ2v) is 9.85. The van der Waals surface area contributed by atoms with Gasteiger partial charge in [0, 0.05) is 44.0 Å². The number of nitriles is 1. The number of hydrogen-bond acceptors (Lipinski definition) is 6. The van der Waals surface area contributed by atoms with Crippen LogP contribution in [0, 0.1) is 17.2 Å². The minimum absolute atomic E-state index is 0.0249. The van der Waals surface area contributed by atoms with Crippen LogP contribution in [0.1, 0.15) is 49.6 Å². The van der Waals surface area contributed by atoms with Crippen molar-refractivity contribution in [3.05, 3.63) is 53.5 Å². The van der Waals surface area contributed by atoms with Gasteiger partial charge in [0.05, 0.1) is 24.1 Å². The molecule has 3 aliphatic rings. The van der Waals surface area contributed by atoms with Crippen LogP contribution >= 0.6 is 0 Å². The van der Waals surface area contributed by atoms with Crippen molar-refractivity contribution in [1.29, 1.82) is 5.26 Å². The van der Waals surface area contributed by atoms with Gasteiger partial charge in [-0.3, -0.25) is 4.79 Å². The normalized spacial score (nSPS) is 22.0. The van der Waals surface area contributed by atoms with Crippen LogP contribution in [0.3, 0.4) is 0 Å². The number of methoxy groups -OCH3 is 1. The Kier molecular flexibility index (Phi) is 6.12. The molecule has 2 aliphatic heterocycles. The van der Waals surface area contributed by atoms with E-state index in [0.717, 1.165) is 36.3 Å². The summed E-state index contributed by atoms with van der Waals surface area (Å²) in [6.07, 6.45) is 5.83. The number of amides is 1. The molecular formula is C27H32N6O2. The summed E-state index contributed by atoms with van der Waals surface area (Å²) in [7, 11) is 3.57. The quantitative estimate of drug-likeness (QED) is 0.719. The van der Waals surface area contributed by atoms with Crippen molar-refractivity contribution in [3.8, 4) is 11.8 Å². The van der Waals surface area contributed by atoms with Gasteiger partial charge >= 0.3 is 0 Å². The number of aromatic nitrogens is 1. The lowest BCUT2D eigenvalue weighted by Crippen LogP contribution is -2.50. The molecule has 2 N–H and O–H groups in total. The van der Waals surface area contributed by atoms with Crippen molar-refractivity contribution in [3.63, 3.8) is 0 Å². The number of carbonyl (C=O) groups is 1. The van der Waals surface area contributed by atoms with Crippen LogP contribution in [0.4, 0.5) is 5.69 Å². The Morgan fingerprint density at radius 1 is 1.23 bits per heavy atom. The van der Waals surface area contributed by atoms with E-state index >= 15 is 0 Å². The minimum atomic E-state index is -0.0772. The van der Waals surface area contributed by atoms with Crippen LogP contribution in [-0.4, -0.2) is 54.0 Å². The number of nitrogens with two attached hydrogens (primary N) is 1. The average Bonchev–Trinajstić information content (AvgIpc) is 3.62. The highest BCUT2D eigenvalue weighted by Crippen LogP contribution is 2.37. The van der Waals surface area contributed by atoms with Gasteiger partial charge in [-0.15, -0.1) is 0 Å². The molecule has 0 radical (unpaired) electrons. The number of ether oxygens (including phenoxy) is 1. The molecule has 0 unspecified atom stereocenters. The molecule has 0 spiro atoms. The highest BCUT2D eigenvalue weighted by Gasteiger charge is 2.33. The second-order valence-electron chi connectivity index (χ2n) is 9.85. The lowest BCUT2D eigenvalue weighted by Gasteiger charge is -2.37. The first-order valence-electron chi connectivity index (χ1n) is 12.3. The molecule has 35 heavy (non-hydrogen) atoms. The van der Waals surface area contributed by atoms with Crippen LogP contribution in [0.15, 0.2) is 41.5 Å². The Morgan fingerprint density at radius 2 is 2.03 bits per heavy atom. The molecule has 8 heteroatoms. The molecule has 8 nitrogen and oxygen atoms in total. The molecular weight excluding hydrogens is 440 g/mol. The number of fused-ring (bicyclic) bond motifs is 1. The summed E-state index contributed by atoms with van der Waals surface area (Å²) >= 11 is 0. The van der Waals surface area contributed by atoms with E-state index in [2.05, 4.69) is 17.6 Å². The molecule has 3 heterocycles. The van der Waals surface area contributed by atoms with Gasteiger partial charge in [0.15, 0.2) is 5.84 Å². The third-order valence-electron chi connectivity index (χ3n) is 7.36. The topological polar surface area (TPSA) is 99.9 Å². The summed E-state index contributed by atoms with van der Waals surface area (Å²) in [6, 6.07) is 11.9. The number of aliphatic imine (C=N–C) groups is 1. The maximum atomic E-state index is 13.9. The van der Waals surface area contributed by atoms with E-state index in [1.807, 2.05) is 47.2 Å². The Bertz CT molecular complexity index is 1250. The van der Waals surface area contributed by atoms with Gasteiger partial charge < -0.3 is 24.8 Å². The smallest absolute Gasteiger partial charge is 0.256 e. The number of amidine groups is 1. The summed E-state index contributed by atoms with van der Waals surface area (Å²) in [6.45, 7) is 3.40. The van der Waals surface area contributed by atoms with Gasteiger partial charge in [0.1, 0.15) is 17.5 Å². The summed E-state index contributed by atoms with van der Waals surface area (Å²) in [4.78, 5) is 22.6. The molecule has 1 aromatic heterocycles. The fraction of sp³-hybridized carbons (Fsp3) is 0.444. The number of rotatable bonds is 5. The zero-order chi connectivity index (χ0) is 24.7. The molecule has 2 aromatic rings. The Balaban J connectivity index is 1.62. The van der Waals surface area contributed by atoms with Crippen LogP contribution in [-0.2, 0) is 11.3 Å². The lowest BCUT2D eigenvalue weighted by atomic mass is 9.96. The molecule has 1 saturated heterocycles. The van der Waals surface area contributed by atoms with Crippen molar-refractivity contribution in [1.82, 2.24) is 9.47 Å². The maximum absolute atomic E-state index is 13.9. The van der Waals surface area contributed by atoms with E-state index < -0.39 is 0 Å². The van der Waals surface area contributed by atoms with Gasteiger partial charge in [-0.25, -0.2) is 4.99 Å². The Hall–Kier alpha value is -3.57. The average molecular weight is 473 g/mol. The van der Waals surface area contributed by atoms with E-state index in [1.165, 1.54) is 12.8 Å². The van der Waals surface area contributed by atoms with Crippen LogP contribution in [0.2, 0.25) is 0 Å². The van der Waals surface area contributed by atoms with Crippen LogP contribution in [0.25, 0.3) is 5.57 Å². The van der Waals surface area contributed by atoms with Crippen molar-refractivity contribution in [2.24, 2.45) is 16.6 Å². The van der Waals surface area contributed by atoms with E-state index in [0.29, 0.717) is 35.3 Å². The lowest BCUT2D eigenvalue weighted by molar-refractivity contribution is -0.128. The number of piperidine rings is 1. The Morgan fingerprint density at radius 3 is 2.74 bits per heavy atom. The van der Waals surface area contributed by atoms with Gasteiger partial charge in [-0.2, -0.15) is 5.26 Å². The van der Waals surface area contributed by atoms with Crippen LogP contribution in [0.5, 0.6) is 5.75 Å². The van der Waals surface area contributed by atoms with Crippen molar-refractivity contribution in [2.45, 2.75) is 51.2 Å². The largest absolute Gasteiger partial charge is 0.497 e. The predicted molar refractivity (Wildman–Crippen MR) is 136 cm³/mol. The Labute approximate surface area is 206 Å². The van der Waals surface area contributed by atoms with E-state index in [1.54, 1.807) is 13.3 Å². The number of benzene rings is 1. The van der Waals surface area contributed by atoms with E-state index in [9.17, 15) is 10.1 Å². The highest BCUT2D eigenvalue weighted by molar-refractivity contribution is 6.24. The first-order chi connectivity index (χ1) is 16.9. The number of anilines is 1. The monoisotopic (exact) mass is 472 g/mol. The van der Waals surface area contributed by atoms with Gasteiger partial charge in [0.25, 0.3) is 5.91 Å². The molecule has 0 bridgehead atoms. The predicted octanol–water partition coefficient (Wildman–Crippen LogP) is 3.35. The maximum Gasteiger partial charge on any atom is 0.256 e. The number of hydrogen-bond donors (Lipinski definition) is 1. The summed E-state index contributed by atoms with van der Waals surface area (Å²) in [5, 5.41) is 9.70. The number of nitrogens with zero attached hydrogens (tertiary/aromatic N) is 5. The third kappa shape index (κ3) is 4.32. The third-order valence-corrected chi connectivity index (χ3v) is 7.36. The SMILES string of the molecule is COc1ccc2c(c1)C(C(=O)N1C[C@H](N)CC[C@@H]1C)=CN=C(c1ccc(C#N)n1CC1CC1)N2C. The molecule has 5 rings (SSSR count). The molecule has 182 valence electrons. The number of likely N-dealkylation sites (tertiary alicyclic amines) is 1. The highest BCUT2D eigenvalue weighted by atomic mass is 16.5. The summed E-state index contributed by atoms with van der Waals surface area (Å²) < 4.78 is 7.56. The second kappa shape index (κ2) is 9.23. The van der Waals surface area contributed by atoms with Crippen molar-refractivity contribution >= 4 is 23.0 Å². The molecule has 1 aliphatic carbocycles.